The van der Waals surface area contributed by atoms with Crippen LogP contribution in [0.4, 0.5) is 0 Å². The van der Waals surface area contributed by atoms with Gasteiger partial charge in [0.05, 0.1) is 4.90 Å². The minimum absolute atomic E-state index is 0.00711. The van der Waals surface area contributed by atoms with E-state index in [-0.39, 0.29) is 16.3 Å². The maximum atomic E-state index is 12.0. The molecule has 2 heterocycles. The van der Waals surface area contributed by atoms with Crippen molar-refractivity contribution in [3.8, 4) is 0 Å². The van der Waals surface area contributed by atoms with Crippen molar-refractivity contribution >= 4 is 38.7 Å². The van der Waals surface area contributed by atoms with Crippen LogP contribution in [0.5, 0.6) is 0 Å². The van der Waals surface area contributed by atoms with Crippen molar-refractivity contribution in [3.05, 3.63) is 38.2 Å². The fraction of sp³-hybridized carbons (Fsp3) is 0.182. The largest absolute Gasteiger partial charge is 0.477 e. The van der Waals surface area contributed by atoms with Gasteiger partial charge < -0.3 is 5.11 Å². The number of aromatic carboxylic acids is 1. The van der Waals surface area contributed by atoms with Gasteiger partial charge in [-0.3, -0.25) is 0 Å². The van der Waals surface area contributed by atoms with Gasteiger partial charge in [-0.1, -0.05) is 0 Å². The molecular weight excluding hydrogens is 306 g/mol. The Labute approximate surface area is 118 Å². The fourth-order valence-corrected chi connectivity index (χ4v) is 4.44. The third-order valence-corrected chi connectivity index (χ3v) is 5.96. The first-order chi connectivity index (χ1) is 8.90. The zero-order valence-electron chi connectivity index (χ0n) is 9.91. The quantitative estimate of drug-likeness (QED) is 0.886. The van der Waals surface area contributed by atoms with Gasteiger partial charge in [0.1, 0.15) is 4.88 Å². The van der Waals surface area contributed by atoms with Crippen LogP contribution in [0.1, 0.15) is 20.1 Å². The average Bonchev–Trinajstić information content (AvgIpc) is 2.95. The van der Waals surface area contributed by atoms with E-state index < -0.39 is 16.0 Å². The van der Waals surface area contributed by atoms with Crippen LogP contribution in [0.3, 0.4) is 0 Å². The van der Waals surface area contributed by atoms with E-state index in [1.165, 1.54) is 16.7 Å². The predicted octanol–water partition coefficient (Wildman–Crippen LogP) is 2.29. The second kappa shape index (κ2) is 5.41. The third-order valence-electron chi connectivity index (χ3n) is 2.49. The van der Waals surface area contributed by atoms with Crippen LogP contribution in [-0.2, 0) is 16.6 Å². The molecule has 0 aromatic carbocycles. The molecule has 2 aromatic heterocycles. The Bertz CT molecular complexity index is 699. The summed E-state index contributed by atoms with van der Waals surface area (Å²) in [4.78, 5) is 11.7. The second-order valence-electron chi connectivity index (χ2n) is 3.80. The van der Waals surface area contributed by atoms with Gasteiger partial charge in [0.25, 0.3) is 0 Å². The predicted molar refractivity (Wildman–Crippen MR) is 74.4 cm³/mol. The fourth-order valence-electron chi connectivity index (χ4n) is 1.40. The number of carbonyl (C=O) groups is 1. The number of hydrogen-bond acceptors (Lipinski definition) is 5. The summed E-state index contributed by atoms with van der Waals surface area (Å²) >= 11 is 2.37. The number of carboxylic acids is 1. The highest BCUT2D eigenvalue weighted by molar-refractivity contribution is 7.89. The Balaban J connectivity index is 2.14. The number of nitrogens with one attached hydrogen (secondary N) is 1. The zero-order chi connectivity index (χ0) is 14.0. The molecule has 0 saturated heterocycles. The van der Waals surface area contributed by atoms with Crippen molar-refractivity contribution in [1.29, 1.82) is 0 Å². The first kappa shape index (κ1) is 14.2. The molecule has 8 heteroatoms. The number of thiophene rings is 2. The van der Waals surface area contributed by atoms with Gasteiger partial charge in [0.15, 0.2) is 0 Å². The molecule has 0 spiro atoms. The van der Waals surface area contributed by atoms with Gasteiger partial charge in [-0.2, -0.15) is 0 Å². The second-order valence-corrected chi connectivity index (χ2v) is 7.48. The number of aryl methyl sites for hydroxylation is 1. The lowest BCUT2D eigenvalue weighted by molar-refractivity contribution is 0.0702. The van der Waals surface area contributed by atoms with Crippen LogP contribution in [0.25, 0.3) is 0 Å². The molecule has 102 valence electrons. The summed E-state index contributed by atoms with van der Waals surface area (Å²) in [7, 11) is -3.66. The Morgan fingerprint density at radius 2 is 2.16 bits per heavy atom. The monoisotopic (exact) mass is 317 g/mol. The summed E-state index contributed by atoms with van der Waals surface area (Å²) in [5, 5.41) is 12.0. The smallest absolute Gasteiger partial charge is 0.345 e. The first-order valence-electron chi connectivity index (χ1n) is 5.24. The summed E-state index contributed by atoms with van der Waals surface area (Å²) in [6.07, 6.45) is 0. The van der Waals surface area contributed by atoms with Gasteiger partial charge in [-0.05, 0) is 30.0 Å². The van der Waals surface area contributed by atoms with Crippen LogP contribution in [0.2, 0.25) is 0 Å². The van der Waals surface area contributed by atoms with E-state index in [4.69, 9.17) is 5.11 Å². The summed E-state index contributed by atoms with van der Waals surface area (Å²) in [5.74, 6) is -1.12. The maximum Gasteiger partial charge on any atom is 0.345 e. The van der Waals surface area contributed by atoms with Crippen molar-refractivity contribution in [1.82, 2.24) is 4.72 Å². The van der Waals surface area contributed by atoms with E-state index >= 15 is 0 Å². The van der Waals surface area contributed by atoms with Crippen LogP contribution >= 0.6 is 22.7 Å². The van der Waals surface area contributed by atoms with Crippen molar-refractivity contribution in [2.45, 2.75) is 18.4 Å². The van der Waals surface area contributed by atoms with Gasteiger partial charge in [0.2, 0.25) is 10.0 Å². The first-order valence-corrected chi connectivity index (χ1v) is 8.49. The Morgan fingerprint density at radius 3 is 2.68 bits per heavy atom. The van der Waals surface area contributed by atoms with Crippen molar-refractivity contribution in [2.24, 2.45) is 0 Å². The molecule has 2 rings (SSSR count). The lowest BCUT2D eigenvalue weighted by atomic mass is 10.3. The highest BCUT2D eigenvalue weighted by atomic mass is 32.2. The van der Waals surface area contributed by atoms with E-state index in [9.17, 15) is 13.2 Å². The molecule has 0 aliphatic heterocycles. The summed E-state index contributed by atoms with van der Waals surface area (Å²) < 4.78 is 26.4. The number of sulfonamides is 1. The van der Waals surface area contributed by atoms with Crippen molar-refractivity contribution in [2.75, 3.05) is 0 Å². The SMILES string of the molecule is Cc1ccsc1CNS(=O)(=O)c1csc(C(=O)O)c1. The van der Waals surface area contributed by atoms with E-state index in [2.05, 4.69) is 4.72 Å². The van der Waals surface area contributed by atoms with Crippen LogP contribution < -0.4 is 4.72 Å². The van der Waals surface area contributed by atoms with Gasteiger partial charge in [0, 0.05) is 16.8 Å². The molecule has 0 saturated carbocycles. The zero-order valence-corrected chi connectivity index (χ0v) is 12.4. The van der Waals surface area contributed by atoms with Gasteiger partial charge in [-0.25, -0.2) is 17.9 Å². The standard InChI is InChI=1S/C11H11NO4S3/c1-7-2-3-17-10(7)5-12-19(15,16)8-4-9(11(13)14)18-6-8/h2-4,6,12H,5H2,1H3,(H,13,14). The molecule has 0 unspecified atom stereocenters. The maximum absolute atomic E-state index is 12.0. The molecular formula is C11H11NO4S3. The average molecular weight is 317 g/mol. The van der Waals surface area contributed by atoms with Crippen LogP contribution in [0, 0.1) is 6.92 Å². The number of hydrogen-bond donors (Lipinski definition) is 2. The Morgan fingerprint density at radius 1 is 1.42 bits per heavy atom. The molecule has 0 aliphatic rings. The van der Waals surface area contributed by atoms with Gasteiger partial charge >= 0.3 is 5.97 Å². The summed E-state index contributed by atoms with van der Waals surface area (Å²) in [5.41, 5.74) is 1.03. The third kappa shape index (κ3) is 3.21. The molecule has 0 atom stereocenters. The summed E-state index contributed by atoms with van der Waals surface area (Å²) in [6, 6.07) is 3.08. The summed E-state index contributed by atoms with van der Waals surface area (Å²) in [6.45, 7) is 2.12. The molecule has 2 N–H and O–H groups in total. The molecule has 0 aliphatic carbocycles. The normalized spacial score (nSPS) is 11.6. The van der Waals surface area contributed by atoms with E-state index in [0.29, 0.717) is 0 Å². The molecule has 19 heavy (non-hydrogen) atoms. The highest BCUT2D eigenvalue weighted by Crippen LogP contribution is 2.20. The van der Waals surface area contributed by atoms with Crippen molar-refractivity contribution in [3.63, 3.8) is 0 Å². The van der Waals surface area contributed by atoms with Crippen molar-refractivity contribution < 1.29 is 18.3 Å². The number of carboxylic acid groups (broad SMARTS) is 1. The molecule has 5 nitrogen and oxygen atoms in total. The minimum Gasteiger partial charge on any atom is -0.477 e. The minimum atomic E-state index is -3.66. The Kier molecular flexibility index (Phi) is 4.04. The van der Waals surface area contributed by atoms with E-state index in [1.54, 1.807) is 0 Å². The molecule has 0 fully saturated rings. The van der Waals surface area contributed by atoms with E-state index in [1.807, 2.05) is 18.4 Å². The molecule has 0 radical (unpaired) electrons. The topological polar surface area (TPSA) is 83.5 Å². The van der Waals surface area contributed by atoms with Crippen LogP contribution in [0.15, 0.2) is 27.8 Å². The molecule has 0 amide bonds. The highest BCUT2D eigenvalue weighted by Gasteiger charge is 2.18. The van der Waals surface area contributed by atoms with E-state index in [0.717, 1.165) is 27.8 Å². The molecule has 0 bridgehead atoms. The lowest BCUT2D eigenvalue weighted by Crippen LogP contribution is -2.22. The Hall–Kier alpha value is -1.22. The van der Waals surface area contributed by atoms with Gasteiger partial charge in [-0.15, -0.1) is 22.7 Å². The van der Waals surface area contributed by atoms with Crippen LogP contribution in [-0.4, -0.2) is 19.5 Å². The molecule has 2 aromatic rings. The number of rotatable bonds is 5. The lowest BCUT2D eigenvalue weighted by Gasteiger charge is -2.04.